The summed E-state index contributed by atoms with van der Waals surface area (Å²) in [5.41, 5.74) is 6.77. The van der Waals surface area contributed by atoms with E-state index in [9.17, 15) is 0 Å². The van der Waals surface area contributed by atoms with E-state index in [1.165, 1.54) is 0 Å². The standard InChI is InChI=1S/C16H23N3O2/c1-3-20-15(13-9-5-4-6-10-13)16-18-14(21-19-16)11-7-8-12(2)17/h4-6,9-10,12,15H,3,7-8,11,17H2,1-2H3. The Kier molecular flexibility index (Phi) is 5.90. The largest absolute Gasteiger partial charge is 0.366 e. The number of hydrogen-bond acceptors (Lipinski definition) is 5. The molecule has 0 aliphatic carbocycles. The highest BCUT2D eigenvalue weighted by molar-refractivity contribution is 5.22. The van der Waals surface area contributed by atoms with Crippen LogP contribution in [0.2, 0.25) is 0 Å². The minimum atomic E-state index is -0.276. The van der Waals surface area contributed by atoms with Crippen LogP contribution in [0.25, 0.3) is 0 Å². The lowest BCUT2D eigenvalue weighted by atomic mass is 10.1. The molecule has 1 aromatic heterocycles. The van der Waals surface area contributed by atoms with Gasteiger partial charge in [-0.3, -0.25) is 0 Å². The van der Waals surface area contributed by atoms with Crippen LogP contribution >= 0.6 is 0 Å². The molecule has 1 aromatic carbocycles. The first-order chi connectivity index (χ1) is 10.2. The summed E-state index contributed by atoms with van der Waals surface area (Å²) in [5, 5.41) is 4.07. The molecule has 114 valence electrons. The predicted molar refractivity (Wildman–Crippen MR) is 80.8 cm³/mol. The number of aryl methyl sites for hydroxylation is 1. The third kappa shape index (κ3) is 4.65. The van der Waals surface area contributed by atoms with Crippen LogP contribution in [-0.2, 0) is 11.2 Å². The fraction of sp³-hybridized carbons (Fsp3) is 0.500. The lowest BCUT2D eigenvalue weighted by Gasteiger charge is -2.13. The zero-order chi connectivity index (χ0) is 15.1. The second-order valence-corrected chi connectivity index (χ2v) is 5.16. The van der Waals surface area contributed by atoms with Crippen LogP contribution in [0.15, 0.2) is 34.9 Å². The van der Waals surface area contributed by atoms with Gasteiger partial charge < -0.3 is 15.0 Å². The zero-order valence-corrected chi connectivity index (χ0v) is 12.7. The van der Waals surface area contributed by atoms with Gasteiger partial charge in [-0.25, -0.2) is 0 Å². The number of hydrogen-bond donors (Lipinski definition) is 1. The third-order valence-corrected chi connectivity index (χ3v) is 3.20. The van der Waals surface area contributed by atoms with Crippen molar-refractivity contribution in [2.75, 3.05) is 6.61 Å². The van der Waals surface area contributed by atoms with Crippen molar-refractivity contribution in [2.45, 2.75) is 45.3 Å². The predicted octanol–water partition coefficient (Wildman–Crippen LogP) is 2.87. The molecule has 2 N–H and O–H groups in total. The van der Waals surface area contributed by atoms with Crippen LogP contribution in [0.4, 0.5) is 0 Å². The van der Waals surface area contributed by atoms with Crippen LogP contribution in [0.3, 0.4) is 0 Å². The Hall–Kier alpha value is -1.72. The Bertz CT molecular complexity index is 525. The molecule has 5 nitrogen and oxygen atoms in total. The molecule has 0 radical (unpaired) electrons. The molecule has 1 heterocycles. The second-order valence-electron chi connectivity index (χ2n) is 5.16. The molecular weight excluding hydrogens is 266 g/mol. The lowest BCUT2D eigenvalue weighted by molar-refractivity contribution is 0.0833. The third-order valence-electron chi connectivity index (χ3n) is 3.20. The van der Waals surface area contributed by atoms with Gasteiger partial charge in [-0.05, 0) is 32.3 Å². The highest BCUT2D eigenvalue weighted by Gasteiger charge is 2.20. The molecule has 0 spiro atoms. The van der Waals surface area contributed by atoms with Crippen molar-refractivity contribution in [3.05, 3.63) is 47.6 Å². The maximum absolute atomic E-state index is 5.77. The van der Waals surface area contributed by atoms with E-state index in [2.05, 4.69) is 10.1 Å². The van der Waals surface area contributed by atoms with Crippen LogP contribution in [-0.4, -0.2) is 22.8 Å². The molecule has 2 unspecified atom stereocenters. The van der Waals surface area contributed by atoms with Gasteiger partial charge in [0, 0.05) is 19.1 Å². The lowest BCUT2D eigenvalue weighted by Crippen LogP contribution is -2.14. The van der Waals surface area contributed by atoms with E-state index in [0.29, 0.717) is 18.3 Å². The van der Waals surface area contributed by atoms with Crippen molar-refractivity contribution in [3.63, 3.8) is 0 Å². The molecule has 21 heavy (non-hydrogen) atoms. The van der Waals surface area contributed by atoms with Crippen molar-refractivity contribution < 1.29 is 9.26 Å². The average molecular weight is 289 g/mol. The highest BCUT2D eigenvalue weighted by Crippen LogP contribution is 2.23. The maximum Gasteiger partial charge on any atom is 0.226 e. The Morgan fingerprint density at radius 1 is 1.29 bits per heavy atom. The first-order valence-corrected chi connectivity index (χ1v) is 7.45. The molecule has 0 saturated carbocycles. The number of nitrogens with two attached hydrogens (primary N) is 1. The highest BCUT2D eigenvalue weighted by atomic mass is 16.5. The van der Waals surface area contributed by atoms with Gasteiger partial charge in [0.1, 0.15) is 6.10 Å². The zero-order valence-electron chi connectivity index (χ0n) is 12.7. The molecule has 0 aliphatic heterocycles. The number of benzene rings is 1. The number of rotatable bonds is 8. The Labute approximate surface area is 125 Å². The first-order valence-electron chi connectivity index (χ1n) is 7.45. The quantitative estimate of drug-likeness (QED) is 0.808. The normalized spacial score (nSPS) is 14.0. The van der Waals surface area contributed by atoms with Gasteiger partial charge in [-0.15, -0.1) is 0 Å². The Balaban J connectivity index is 2.06. The summed E-state index contributed by atoms with van der Waals surface area (Å²) >= 11 is 0. The Morgan fingerprint density at radius 3 is 2.71 bits per heavy atom. The summed E-state index contributed by atoms with van der Waals surface area (Å²) in [6.45, 7) is 4.55. The van der Waals surface area contributed by atoms with Crippen molar-refractivity contribution in [3.8, 4) is 0 Å². The summed E-state index contributed by atoms with van der Waals surface area (Å²) in [4.78, 5) is 4.46. The van der Waals surface area contributed by atoms with E-state index in [4.69, 9.17) is 15.0 Å². The molecule has 0 fully saturated rings. The monoisotopic (exact) mass is 289 g/mol. The molecule has 0 amide bonds. The molecule has 0 bridgehead atoms. The van der Waals surface area contributed by atoms with Crippen molar-refractivity contribution in [1.29, 1.82) is 0 Å². The summed E-state index contributed by atoms with van der Waals surface area (Å²) in [5.74, 6) is 1.23. The minimum absolute atomic E-state index is 0.202. The summed E-state index contributed by atoms with van der Waals surface area (Å²) < 4.78 is 11.1. The molecule has 5 heteroatoms. The van der Waals surface area contributed by atoms with E-state index in [1.807, 2.05) is 44.2 Å². The molecule has 0 aliphatic rings. The van der Waals surface area contributed by atoms with Gasteiger partial charge in [0.25, 0.3) is 0 Å². The summed E-state index contributed by atoms with van der Waals surface area (Å²) in [7, 11) is 0. The van der Waals surface area contributed by atoms with Gasteiger partial charge >= 0.3 is 0 Å². The van der Waals surface area contributed by atoms with E-state index in [1.54, 1.807) is 0 Å². The van der Waals surface area contributed by atoms with Crippen molar-refractivity contribution in [2.24, 2.45) is 5.73 Å². The van der Waals surface area contributed by atoms with Crippen LogP contribution in [0.1, 0.15) is 50.1 Å². The molecular formula is C16H23N3O2. The topological polar surface area (TPSA) is 74.2 Å². The minimum Gasteiger partial charge on any atom is -0.366 e. The average Bonchev–Trinajstić information content (AvgIpc) is 2.94. The first kappa shape index (κ1) is 15.7. The van der Waals surface area contributed by atoms with Gasteiger partial charge in [0.15, 0.2) is 0 Å². The van der Waals surface area contributed by atoms with E-state index in [-0.39, 0.29) is 12.1 Å². The second kappa shape index (κ2) is 7.90. The SMILES string of the molecule is CCOC(c1ccccc1)c1noc(CCCC(C)N)n1. The smallest absolute Gasteiger partial charge is 0.226 e. The van der Waals surface area contributed by atoms with E-state index in [0.717, 1.165) is 24.8 Å². The fourth-order valence-electron chi connectivity index (χ4n) is 2.17. The van der Waals surface area contributed by atoms with Gasteiger partial charge in [-0.2, -0.15) is 4.98 Å². The van der Waals surface area contributed by atoms with Gasteiger partial charge in [0.2, 0.25) is 11.7 Å². The van der Waals surface area contributed by atoms with Crippen LogP contribution < -0.4 is 5.73 Å². The van der Waals surface area contributed by atoms with E-state index < -0.39 is 0 Å². The molecule has 0 saturated heterocycles. The van der Waals surface area contributed by atoms with Crippen LogP contribution in [0.5, 0.6) is 0 Å². The Morgan fingerprint density at radius 2 is 2.05 bits per heavy atom. The fourth-order valence-corrected chi connectivity index (χ4v) is 2.17. The number of nitrogens with zero attached hydrogens (tertiary/aromatic N) is 2. The molecule has 2 rings (SSSR count). The van der Waals surface area contributed by atoms with Crippen molar-refractivity contribution in [1.82, 2.24) is 10.1 Å². The van der Waals surface area contributed by atoms with Gasteiger partial charge in [-0.1, -0.05) is 35.5 Å². The van der Waals surface area contributed by atoms with Crippen LogP contribution in [0, 0.1) is 0 Å². The summed E-state index contributed by atoms with van der Waals surface area (Å²) in [6.07, 6.45) is 2.37. The maximum atomic E-state index is 5.77. The summed E-state index contributed by atoms with van der Waals surface area (Å²) in [6, 6.07) is 10.1. The van der Waals surface area contributed by atoms with E-state index >= 15 is 0 Å². The number of ether oxygens (including phenoxy) is 1. The van der Waals surface area contributed by atoms with Gasteiger partial charge in [0.05, 0.1) is 0 Å². The molecule has 2 atom stereocenters. The molecule has 2 aromatic rings. The number of aromatic nitrogens is 2. The van der Waals surface area contributed by atoms with Crippen molar-refractivity contribution >= 4 is 0 Å².